The number of benzene rings is 3. The van der Waals surface area contributed by atoms with Crippen LogP contribution in [0.5, 0.6) is 5.75 Å². The standard InChI is InChI=1S/C26H23FN2O6S/c1-34-22-11-8-18-12-20(25(30)28-24(18)14-22)16-29(15-17-6-9-21(27)10-7-17)36(32,33)23-5-3-4-19(13-23)26(31)35-2/h3-14,20H,15-16H2,1-2H3. The van der Waals surface area contributed by atoms with Gasteiger partial charge in [0.2, 0.25) is 10.0 Å². The van der Waals surface area contributed by atoms with E-state index < -0.39 is 33.6 Å². The summed E-state index contributed by atoms with van der Waals surface area (Å²) >= 11 is 0. The fraction of sp³-hybridized carbons (Fsp3) is 0.192. The Hall–Kier alpha value is -3.89. The van der Waals surface area contributed by atoms with Crippen LogP contribution < -0.4 is 15.3 Å². The van der Waals surface area contributed by atoms with Crippen LogP contribution in [0.4, 0.5) is 4.39 Å². The lowest BCUT2D eigenvalue weighted by Gasteiger charge is -2.25. The van der Waals surface area contributed by atoms with Gasteiger partial charge in [-0.15, -0.1) is 0 Å². The second-order valence-electron chi connectivity index (χ2n) is 8.09. The first-order valence-corrected chi connectivity index (χ1v) is 12.4. The molecule has 3 aromatic carbocycles. The molecule has 1 heterocycles. The molecule has 10 heteroatoms. The number of rotatable bonds is 8. The van der Waals surface area contributed by atoms with E-state index in [2.05, 4.69) is 4.99 Å². The molecule has 1 amide bonds. The Kier molecular flexibility index (Phi) is 7.27. The normalized spacial score (nSPS) is 15.0. The molecule has 0 bridgehead atoms. The number of carbonyl (C=O) groups is 2. The Balaban J connectivity index is 1.73. The van der Waals surface area contributed by atoms with Crippen molar-refractivity contribution in [1.29, 1.82) is 0 Å². The van der Waals surface area contributed by atoms with E-state index in [9.17, 15) is 22.4 Å². The monoisotopic (exact) mass is 510 g/mol. The van der Waals surface area contributed by atoms with Gasteiger partial charge in [0.25, 0.3) is 5.91 Å². The first-order chi connectivity index (χ1) is 17.2. The van der Waals surface area contributed by atoms with E-state index >= 15 is 0 Å². The van der Waals surface area contributed by atoms with Gasteiger partial charge in [-0.25, -0.2) is 22.6 Å². The van der Waals surface area contributed by atoms with Crippen LogP contribution in [-0.2, 0) is 26.1 Å². The molecule has 1 unspecified atom stereocenters. The Labute approximate surface area is 207 Å². The van der Waals surface area contributed by atoms with Crippen molar-refractivity contribution in [1.82, 2.24) is 4.31 Å². The zero-order valence-electron chi connectivity index (χ0n) is 19.5. The molecule has 36 heavy (non-hydrogen) atoms. The maximum absolute atomic E-state index is 13.7. The number of methoxy groups -OCH3 is 2. The SMILES string of the molecule is COC(=O)c1cccc(S(=O)(=O)N(Cc2ccc(F)cc2)CC2C=c3ccc(OC)cc3=NC2=O)c1. The van der Waals surface area contributed by atoms with Gasteiger partial charge in [0.1, 0.15) is 11.6 Å². The van der Waals surface area contributed by atoms with Gasteiger partial charge in [-0.1, -0.05) is 24.3 Å². The van der Waals surface area contributed by atoms with E-state index in [0.717, 1.165) is 4.31 Å². The van der Waals surface area contributed by atoms with Crippen LogP contribution in [-0.4, -0.2) is 45.4 Å². The molecule has 0 aromatic heterocycles. The van der Waals surface area contributed by atoms with Gasteiger partial charge in [0.05, 0.1) is 36.0 Å². The lowest BCUT2D eigenvalue weighted by atomic mass is 10.0. The summed E-state index contributed by atoms with van der Waals surface area (Å²) in [5, 5.41) is 1.11. The van der Waals surface area contributed by atoms with Crippen LogP contribution in [0.3, 0.4) is 0 Å². The Morgan fingerprint density at radius 2 is 1.81 bits per heavy atom. The number of halogens is 1. The summed E-state index contributed by atoms with van der Waals surface area (Å²) < 4.78 is 51.9. The fourth-order valence-electron chi connectivity index (χ4n) is 3.82. The smallest absolute Gasteiger partial charge is 0.337 e. The number of amides is 1. The number of ether oxygens (including phenoxy) is 2. The van der Waals surface area contributed by atoms with Gasteiger partial charge in [-0.2, -0.15) is 4.31 Å². The van der Waals surface area contributed by atoms with Crippen molar-refractivity contribution in [3.05, 3.63) is 94.3 Å². The zero-order chi connectivity index (χ0) is 25.9. The maximum atomic E-state index is 13.7. The van der Waals surface area contributed by atoms with Crippen molar-refractivity contribution in [2.24, 2.45) is 10.9 Å². The Morgan fingerprint density at radius 3 is 2.50 bits per heavy atom. The number of fused-ring (bicyclic) bond motifs is 1. The molecule has 3 aromatic rings. The lowest BCUT2D eigenvalue weighted by molar-refractivity contribution is -0.120. The number of sulfonamides is 1. The third kappa shape index (κ3) is 5.34. The van der Waals surface area contributed by atoms with Crippen molar-refractivity contribution < 1.29 is 31.9 Å². The highest BCUT2D eigenvalue weighted by Gasteiger charge is 2.31. The molecule has 4 rings (SSSR count). The quantitative estimate of drug-likeness (QED) is 0.430. The van der Waals surface area contributed by atoms with Crippen LogP contribution in [0.15, 0.2) is 76.6 Å². The number of nitrogens with zero attached hydrogens (tertiary/aromatic N) is 2. The highest BCUT2D eigenvalue weighted by atomic mass is 32.2. The molecular weight excluding hydrogens is 487 g/mol. The summed E-state index contributed by atoms with van der Waals surface area (Å²) in [4.78, 5) is 28.8. The van der Waals surface area contributed by atoms with Crippen molar-refractivity contribution in [2.75, 3.05) is 20.8 Å². The van der Waals surface area contributed by atoms with Gasteiger partial charge in [0.15, 0.2) is 0 Å². The van der Waals surface area contributed by atoms with Crippen LogP contribution >= 0.6 is 0 Å². The van der Waals surface area contributed by atoms with Crippen LogP contribution in [0, 0.1) is 11.7 Å². The van der Waals surface area contributed by atoms with Gasteiger partial charge < -0.3 is 9.47 Å². The van der Waals surface area contributed by atoms with Gasteiger partial charge >= 0.3 is 5.97 Å². The third-order valence-corrected chi connectivity index (χ3v) is 7.54. The van der Waals surface area contributed by atoms with E-state index in [1.165, 1.54) is 62.8 Å². The zero-order valence-corrected chi connectivity index (χ0v) is 20.4. The van der Waals surface area contributed by atoms with E-state index in [0.29, 0.717) is 21.9 Å². The molecule has 0 saturated heterocycles. The summed E-state index contributed by atoms with van der Waals surface area (Å²) in [6.07, 6.45) is 1.67. The molecule has 0 N–H and O–H groups in total. The molecule has 8 nitrogen and oxygen atoms in total. The number of esters is 1. The Morgan fingerprint density at radius 1 is 1.06 bits per heavy atom. The maximum Gasteiger partial charge on any atom is 0.337 e. The van der Waals surface area contributed by atoms with Crippen molar-refractivity contribution >= 4 is 28.0 Å². The van der Waals surface area contributed by atoms with E-state index in [-0.39, 0.29) is 23.5 Å². The molecule has 0 spiro atoms. The first-order valence-electron chi connectivity index (χ1n) is 10.9. The lowest BCUT2D eigenvalue weighted by Crippen LogP contribution is -2.41. The molecule has 186 valence electrons. The van der Waals surface area contributed by atoms with E-state index in [4.69, 9.17) is 9.47 Å². The minimum atomic E-state index is -4.19. The highest BCUT2D eigenvalue weighted by Crippen LogP contribution is 2.23. The van der Waals surface area contributed by atoms with Crippen molar-refractivity contribution in [3.63, 3.8) is 0 Å². The minimum absolute atomic E-state index is 0.0680. The molecular formula is C26H23FN2O6S. The summed E-state index contributed by atoms with van der Waals surface area (Å²) in [6.45, 7) is -0.339. The van der Waals surface area contributed by atoms with Gasteiger partial charge in [-0.3, -0.25) is 4.79 Å². The van der Waals surface area contributed by atoms with Crippen LogP contribution in [0.2, 0.25) is 0 Å². The summed E-state index contributed by atoms with van der Waals surface area (Å²) in [5.41, 5.74) is 0.591. The van der Waals surface area contributed by atoms with E-state index in [1.807, 2.05) is 0 Å². The fourth-order valence-corrected chi connectivity index (χ4v) is 5.32. The Bertz CT molecular complexity index is 1540. The predicted molar refractivity (Wildman–Crippen MR) is 129 cm³/mol. The molecule has 0 aliphatic carbocycles. The second kappa shape index (κ2) is 10.4. The number of hydrogen-bond donors (Lipinski definition) is 0. The average Bonchev–Trinajstić information content (AvgIpc) is 2.89. The molecule has 0 saturated carbocycles. The summed E-state index contributed by atoms with van der Waals surface area (Å²) in [5.74, 6) is -1.95. The van der Waals surface area contributed by atoms with E-state index in [1.54, 1.807) is 24.3 Å². The topological polar surface area (TPSA) is 102 Å². The van der Waals surface area contributed by atoms with Gasteiger partial charge in [0, 0.05) is 19.2 Å². The molecule has 1 atom stereocenters. The molecule has 0 fully saturated rings. The van der Waals surface area contributed by atoms with Crippen LogP contribution in [0.1, 0.15) is 15.9 Å². The summed E-state index contributed by atoms with van der Waals surface area (Å²) in [7, 11) is -1.48. The van der Waals surface area contributed by atoms with Crippen molar-refractivity contribution in [3.8, 4) is 5.75 Å². The average molecular weight is 511 g/mol. The van der Waals surface area contributed by atoms with Gasteiger partial charge in [-0.05, 0) is 53.2 Å². The third-order valence-electron chi connectivity index (χ3n) is 5.73. The molecule has 1 aliphatic heterocycles. The highest BCUT2D eigenvalue weighted by molar-refractivity contribution is 7.89. The number of carbonyl (C=O) groups excluding carboxylic acids is 2. The number of hydrogen-bond acceptors (Lipinski definition) is 6. The van der Waals surface area contributed by atoms with Crippen molar-refractivity contribution in [2.45, 2.75) is 11.4 Å². The molecule has 1 aliphatic rings. The molecule has 0 radical (unpaired) electrons. The summed E-state index contributed by atoms with van der Waals surface area (Å²) in [6, 6.07) is 16.0. The second-order valence-corrected chi connectivity index (χ2v) is 10.0. The predicted octanol–water partition coefficient (Wildman–Crippen LogP) is 2.07. The first kappa shape index (κ1) is 25.2. The largest absolute Gasteiger partial charge is 0.497 e. The minimum Gasteiger partial charge on any atom is -0.497 e. The van der Waals surface area contributed by atoms with Crippen LogP contribution in [0.25, 0.3) is 6.08 Å².